The molecule has 1 aromatic rings. The predicted octanol–water partition coefficient (Wildman–Crippen LogP) is -0.0278. The van der Waals surface area contributed by atoms with E-state index in [0.29, 0.717) is 18.1 Å². The van der Waals surface area contributed by atoms with Crippen molar-refractivity contribution in [3.05, 3.63) is 18.0 Å². The van der Waals surface area contributed by atoms with Gasteiger partial charge in [-0.05, 0) is 37.3 Å². The van der Waals surface area contributed by atoms with Crippen molar-refractivity contribution >= 4 is 9.84 Å². The Balaban J connectivity index is 2.02. The lowest BCUT2D eigenvalue weighted by Crippen LogP contribution is -2.26. The fraction of sp³-hybridized carbons (Fsp3) is 0.727. The monoisotopic (exact) mass is 257 g/mol. The van der Waals surface area contributed by atoms with E-state index < -0.39 is 9.84 Å². The van der Waals surface area contributed by atoms with Gasteiger partial charge >= 0.3 is 0 Å². The second kappa shape index (κ2) is 4.78. The molecule has 1 saturated heterocycles. The van der Waals surface area contributed by atoms with Gasteiger partial charge in [0.25, 0.3) is 0 Å². The first-order chi connectivity index (χ1) is 8.00. The molecule has 17 heavy (non-hydrogen) atoms. The van der Waals surface area contributed by atoms with Crippen LogP contribution in [-0.2, 0) is 23.3 Å². The maximum Gasteiger partial charge on any atom is 0.150 e. The minimum absolute atomic E-state index is 0.201. The molecule has 0 spiro atoms. The Morgan fingerprint density at radius 3 is 2.88 bits per heavy atom. The number of nitrogens with two attached hydrogens (primary N) is 1. The molecule has 0 aromatic carbocycles. The van der Waals surface area contributed by atoms with Crippen LogP contribution < -0.4 is 5.73 Å². The summed E-state index contributed by atoms with van der Waals surface area (Å²) in [5, 5.41) is 4.32. The van der Waals surface area contributed by atoms with Gasteiger partial charge in [-0.25, -0.2) is 8.42 Å². The molecule has 0 aliphatic carbocycles. The first-order valence-corrected chi connectivity index (χ1v) is 7.71. The summed E-state index contributed by atoms with van der Waals surface area (Å²) < 4.78 is 24.7. The van der Waals surface area contributed by atoms with Crippen LogP contribution in [0.5, 0.6) is 0 Å². The number of nitrogens with zero attached hydrogens (tertiary/aromatic N) is 2. The van der Waals surface area contributed by atoms with Gasteiger partial charge in [0, 0.05) is 13.2 Å². The highest BCUT2D eigenvalue weighted by molar-refractivity contribution is 7.91. The molecular weight excluding hydrogens is 238 g/mol. The van der Waals surface area contributed by atoms with Gasteiger partial charge in [0.2, 0.25) is 0 Å². The molecule has 2 unspecified atom stereocenters. The van der Waals surface area contributed by atoms with E-state index in [1.807, 2.05) is 19.3 Å². The fourth-order valence-corrected chi connectivity index (χ4v) is 4.40. The Hall–Kier alpha value is -0.880. The Morgan fingerprint density at radius 2 is 2.41 bits per heavy atom. The molecular formula is C11H19N3O2S. The van der Waals surface area contributed by atoms with Crippen LogP contribution in [0.2, 0.25) is 0 Å². The van der Waals surface area contributed by atoms with Gasteiger partial charge in [0.15, 0.2) is 9.84 Å². The molecule has 1 aliphatic heterocycles. The molecule has 2 atom stereocenters. The summed E-state index contributed by atoms with van der Waals surface area (Å²) in [6.07, 6.45) is 3.42. The highest BCUT2D eigenvalue weighted by Gasteiger charge is 2.33. The third-order valence-electron chi connectivity index (χ3n) is 3.48. The summed E-state index contributed by atoms with van der Waals surface area (Å²) in [7, 11) is -0.943. The van der Waals surface area contributed by atoms with Crippen molar-refractivity contribution in [1.29, 1.82) is 0 Å². The van der Waals surface area contributed by atoms with Gasteiger partial charge < -0.3 is 5.73 Å². The Morgan fingerprint density at radius 1 is 1.65 bits per heavy atom. The first-order valence-electron chi connectivity index (χ1n) is 5.89. The van der Waals surface area contributed by atoms with E-state index >= 15 is 0 Å². The zero-order valence-electron chi connectivity index (χ0n) is 10.0. The quantitative estimate of drug-likeness (QED) is 0.822. The number of aryl methyl sites for hydroxylation is 1. The number of hydrogen-bond donors (Lipinski definition) is 1. The normalized spacial score (nSPS) is 24.9. The van der Waals surface area contributed by atoms with Crippen LogP contribution in [0.1, 0.15) is 12.1 Å². The van der Waals surface area contributed by atoms with Crippen LogP contribution in [0.4, 0.5) is 0 Å². The lowest BCUT2D eigenvalue weighted by molar-refractivity contribution is 0.367. The van der Waals surface area contributed by atoms with Crippen molar-refractivity contribution < 1.29 is 8.42 Å². The minimum atomic E-state index is -2.82. The van der Waals surface area contributed by atoms with Crippen molar-refractivity contribution in [3.63, 3.8) is 0 Å². The van der Waals surface area contributed by atoms with E-state index in [0.717, 1.165) is 18.5 Å². The molecule has 0 bridgehead atoms. The van der Waals surface area contributed by atoms with E-state index in [9.17, 15) is 8.42 Å². The van der Waals surface area contributed by atoms with Gasteiger partial charge in [-0.15, -0.1) is 0 Å². The van der Waals surface area contributed by atoms with Crippen LogP contribution in [-0.4, -0.2) is 36.2 Å². The summed E-state index contributed by atoms with van der Waals surface area (Å²) in [6.45, 7) is 0.525. The third-order valence-corrected chi connectivity index (χ3v) is 5.27. The molecule has 2 N–H and O–H groups in total. The third kappa shape index (κ3) is 3.07. The maximum absolute atomic E-state index is 11.5. The lowest BCUT2D eigenvalue weighted by atomic mass is 9.88. The maximum atomic E-state index is 11.5. The van der Waals surface area contributed by atoms with Gasteiger partial charge in [0.05, 0.1) is 17.2 Å². The minimum Gasteiger partial charge on any atom is -0.330 e. The van der Waals surface area contributed by atoms with Crippen molar-refractivity contribution in [2.24, 2.45) is 24.6 Å². The van der Waals surface area contributed by atoms with Crippen LogP contribution in [0.3, 0.4) is 0 Å². The molecule has 0 radical (unpaired) electrons. The highest BCUT2D eigenvalue weighted by atomic mass is 32.2. The zero-order valence-corrected chi connectivity index (χ0v) is 10.9. The predicted molar refractivity (Wildman–Crippen MR) is 66.2 cm³/mol. The number of rotatable bonds is 4. The molecule has 5 nitrogen and oxygen atoms in total. The Kier molecular flexibility index (Phi) is 3.53. The molecule has 0 amide bonds. The van der Waals surface area contributed by atoms with Gasteiger partial charge in [-0.3, -0.25) is 4.68 Å². The van der Waals surface area contributed by atoms with E-state index in [1.54, 1.807) is 4.68 Å². The molecule has 0 saturated carbocycles. The van der Waals surface area contributed by atoms with Crippen LogP contribution in [0.25, 0.3) is 0 Å². The van der Waals surface area contributed by atoms with Crippen molar-refractivity contribution in [1.82, 2.24) is 9.78 Å². The molecule has 6 heteroatoms. The highest BCUT2D eigenvalue weighted by Crippen LogP contribution is 2.27. The van der Waals surface area contributed by atoms with E-state index in [2.05, 4.69) is 5.10 Å². The van der Waals surface area contributed by atoms with Gasteiger partial charge in [0.1, 0.15) is 0 Å². The average Bonchev–Trinajstić information content (AvgIpc) is 2.81. The standard InChI is InChI=1S/C11H19N3O2S/c1-14-4-2-11(13-14)6-10(7-12)9-3-5-17(15,16)8-9/h2,4,9-10H,3,5-8,12H2,1H3. The summed E-state index contributed by atoms with van der Waals surface area (Å²) in [6, 6.07) is 1.96. The zero-order chi connectivity index (χ0) is 12.5. The summed E-state index contributed by atoms with van der Waals surface area (Å²) in [4.78, 5) is 0. The number of hydrogen-bond acceptors (Lipinski definition) is 4. The van der Waals surface area contributed by atoms with Crippen LogP contribution in [0.15, 0.2) is 12.3 Å². The smallest absolute Gasteiger partial charge is 0.150 e. The van der Waals surface area contributed by atoms with Crippen molar-refractivity contribution in [2.75, 3.05) is 18.1 Å². The Bertz CT molecular complexity index is 481. The van der Waals surface area contributed by atoms with Crippen molar-refractivity contribution in [2.45, 2.75) is 12.8 Å². The lowest BCUT2D eigenvalue weighted by Gasteiger charge is -2.19. The number of sulfone groups is 1. The average molecular weight is 257 g/mol. The summed E-state index contributed by atoms with van der Waals surface area (Å²) in [5.41, 5.74) is 6.76. The molecule has 1 aliphatic rings. The largest absolute Gasteiger partial charge is 0.330 e. The second-order valence-electron chi connectivity index (χ2n) is 4.84. The topological polar surface area (TPSA) is 78.0 Å². The molecule has 2 rings (SSSR count). The van der Waals surface area contributed by atoms with Crippen LogP contribution in [0, 0.1) is 11.8 Å². The first kappa shape index (κ1) is 12.6. The molecule has 2 heterocycles. The molecule has 96 valence electrons. The fourth-order valence-electron chi connectivity index (χ4n) is 2.48. The SMILES string of the molecule is Cn1ccc(CC(CN)C2CCS(=O)(=O)C2)n1. The van der Waals surface area contributed by atoms with Crippen LogP contribution >= 0.6 is 0 Å². The second-order valence-corrected chi connectivity index (χ2v) is 7.07. The van der Waals surface area contributed by atoms with E-state index in [1.165, 1.54) is 0 Å². The molecule has 1 aromatic heterocycles. The van der Waals surface area contributed by atoms with Crippen molar-refractivity contribution in [3.8, 4) is 0 Å². The Labute approximate surface area is 102 Å². The van der Waals surface area contributed by atoms with E-state index in [4.69, 9.17) is 5.73 Å². The number of aromatic nitrogens is 2. The van der Waals surface area contributed by atoms with Gasteiger partial charge in [-0.2, -0.15) is 5.10 Å². The summed E-state index contributed by atoms with van der Waals surface area (Å²) >= 11 is 0. The summed E-state index contributed by atoms with van der Waals surface area (Å²) in [5.74, 6) is 1.03. The van der Waals surface area contributed by atoms with Gasteiger partial charge in [-0.1, -0.05) is 0 Å². The molecule has 1 fully saturated rings. The van der Waals surface area contributed by atoms with E-state index in [-0.39, 0.29) is 11.8 Å².